The van der Waals surface area contributed by atoms with E-state index < -0.39 is 5.91 Å². The highest BCUT2D eigenvalue weighted by atomic mass is 32.1. The summed E-state index contributed by atoms with van der Waals surface area (Å²) in [5, 5.41) is 2.63. The van der Waals surface area contributed by atoms with Crippen LogP contribution in [-0.2, 0) is 6.54 Å². The van der Waals surface area contributed by atoms with Crippen molar-refractivity contribution >= 4 is 22.4 Å². The van der Waals surface area contributed by atoms with Gasteiger partial charge in [-0.3, -0.25) is 4.79 Å². The monoisotopic (exact) mass is 330 g/mol. The van der Waals surface area contributed by atoms with Crippen LogP contribution < -0.4 is 10.6 Å². The summed E-state index contributed by atoms with van der Waals surface area (Å²) in [6.07, 6.45) is 2.24. The van der Waals surface area contributed by atoms with Gasteiger partial charge in [0.15, 0.2) is 5.13 Å². The van der Waals surface area contributed by atoms with Gasteiger partial charge in [-0.25, -0.2) is 4.98 Å². The van der Waals surface area contributed by atoms with Crippen LogP contribution >= 0.6 is 11.3 Å². The molecule has 122 valence electrons. The van der Waals surface area contributed by atoms with Crippen LogP contribution in [0.3, 0.4) is 0 Å². The average molecular weight is 330 g/mol. The Morgan fingerprint density at radius 2 is 2.13 bits per heavy atom. The fourth-order valence-corrected chi connectivity index (χ4v) is 3.95. The molecule has 0 aliphatic carbocycles. The van der Waals surface area contributed by atoms with Crippen LogP contribution in [0.25, 0.3) is 0 Å². The standard InChI is InChI=1S/C17H22N4OS/c1-20(2)10-12-5-7-13(8-6-12)15-4-3-9-21(15)17-19-14(11-23-17)16(18)22/h5-8,11,15H,3-4,9-10H2,1-2H3,(H2,18,22). The highest BCUT2D eigenvalue weighted by molar-refractivity contribution is 7.13. The van der Waals surface area contributed by atoms with Gasteiger partial charge in [0.2, 0.25) is 0 Å². The molecular weight excluding hydrogens is 308 g/mol. The number of amides is 1. The molecule has 1 unspecified atom stereocenters. The van der Waals surface area contributed by atoms with Gasteiger partial charge in [-0.05, 0) is 38.1 Å². The molecule has 1 fully saturated rings. The molecule has 2 N–H and O–H groups in total. The molecule has 0 radical (unpaired) electrons. The van der Waals surface area contributed by atoms with E-state index in [0.29, 0.717) is 11.7 Å². The minimum atomic E-state index is -0.462. The summed E-state index contributed by atoms with van der Waals surface area (Å²) in [7, 11) is 4.15. The Labute approximate surface area is 140 Å². The number of hydrogen-bond donors (Lipinski definition) is 1. The van der Waals surface area contributed by atoms with Crippen LogP contribution in [0, 0.1) is 0 Å². The van der Waals surface area contributed by atoms with Crippen LogP contribution in [0.1, 0.15) is 40.5 Å². The first-order valence-corrected chi connectivity index (χ1v) is 8.68. The summed E-state index contributed by atoms with van der Waals surface area (Å²) in [6, 6.07) is 9.15. The molecule has 23 heavy (non-hydrogen) atoms. The zero-order chi connectivity index (χ0) is 16.4. The molecule has 2 aromatic rings. The van der Waals surface area contributed by atoms with Crippen molar-refractivity contribution in [3.05, 3.63) is 46.5 Å². The smallest absolute Gasteiger partial charge is 0.268 e. The van der Waals surface area contributed by atoms with Crippen LogP contribution in [-0.4, -0.2) is 36.4 Å². The minimum Gasteiger partial charge on any atom is -0.364 e. The number of nitrogens with two attached hydrogens (primary N) is 1. The molecule has 1 amide bonds. The van der Waals surface area contributed by atoms with Crippen molar-refractivity contribution in [3.8, 4) is 0 Å². The van der Waals surface area contributed by atoms with Crippen molar-refractivity contribution in [3.63, 3.8) is 0 Å². The van der Waals surface area contributed by atoms with Gasteiger partial charge in [-0.15, -0.1) is 11.3 Å². The number of nitrogens with zero attached hydrogens (tertiary/aromatic N) is 3. The maximum atomic E-state index is 11.3. The number of hydrogen-bond acceptors (Lipinski definition) is 5. The Kier molecular flexibility index (Phi) is 4.63. The summed E-state index contributed by atoms with van der Waals surface area (Å²) in [6.45, 7) is 1.92. The van der Waals surface area contributed by atoms with E-state index in [0.717, 1.165) is 31.1 Å². The van der Waals surface area contributed by atoms with Gasteiger partial charge in [0.1, 0.15) is 5.69 Å². The normalized spacial score (nSPS) is 17.9. The first-order valence-electron chi connectivity index (χ1n) is 7.80. The quantitative estimate of drug-likeness (QED) is 0.915. The van der Waals surface area contributed by atoms with Gasteiger partial charge in [0.25, 0.3) is 5.91 Å². The lowest BCUT2D eigenvalue weighted by atomic mass is 10.0. The Morgan fingerprint density at radius 1 is 1.39 bits per heavy atom. The third-order valence-corrected chi connectivity index (χ3v) is 4.98. The lowest BCUT2D eigenvalue weighted by Crippen LogP contribution is -2.23. The Hall–Kier alpha value is -1.92. The highest BCUT2D eigenvalue weighted by Crippen LogP contribution is 2.37. The molecule has 1 aromatic carbocycles. The predicted octanol–water partition coefficient (Wildman–Crippen LogP) is 2.65. The second kappa shape index (κ2) is 6.68. The van der Waals surface area contributed by atoms with E-state index in [1.165, 1.54) is 22.5 Å². The van der Waals surface area contributed by atoms with Gasteiger partial charge in [0.05, 0.1) is 6.04 Å². The largest absolute Gasteiger partial charge is 0.364 e. The number of thiazole rings is 1. The van der Waals surface area contributed by atoms with Crippen molar-refractivity contribution < 1.29 is 4.79 Å². The number of carbonyl (C=O) groups is 1. The number of primary amides is 1. The zero-order valence-corrected chi connectivity index (χ0v) is 14.3. The summed E-state index contributed by atoms with van der Waals surface area (Å²) >= 11 is 1.49. The Bertz CT molecular complexity index is 680. The number of carbonyl (C=O) groups excluding carboxylic acids is 1. The van der Waals surface area contributed by atoms with E-state index >= 15 is 0 Å². The van der Waals surface area contributed by atoms with Crippen molar-refractivity contribution in [1.29, 1.82) is 0 Å². The molecule has 5 nitrogen and oxygen atoms in total. The van der Waals surface area contributed by atoms with E-state index in [2.05, 4.69) is 53.1 Å². The second-order valence-corrected chi connectivity index (χ2v) is 7.05. The molecule has 0 saturated carbocycles. The Balaban J connectivity index is 1.79. The zero-order valence-electron chi connectivity index (χ0n) is 13.5. The lowest BCUT2D eigenvalue weighted by molar-refractivity contribution is 0.0996. The SMILES string of the molecule is CN(C)Cc1ccc(C2CCCN2c2nc(C(N)=O)cs2)cc1. The van der Waals surface area contributed by atoms with E-state index in [9.17, 15) is 4.79 Å². The number of anilines is 1. The molecule has 6 heteroatoms. The van der Waals surface area contributed by atoms with E-state index in [4.69, 9.17) is 5.73 Å². The second-order valence-electron chi connectivity index (χ2n) is 6.21. The van der Waals surface area contributed by atoms with Crippen LogP contribution in [0.15, 0.2) is 29.6 Å². The molecule has 1 aromatic heterocycles. The predicted molar refractivity (Wildman–Crippen MR) is 93.8 cm³/mol. The van der Waals surface area contributed by atoms with E-state index in [1.807, 2.05) is 0 Å². The molecule has 1 aliphatic heterocycles. The van der Waals surface area contributed by atoms with Gasteiger partial charge < -0.3 is 15.5 Å². The average Bonchev–Trinajstić information content (AvgIpc) is 3.16. The van der Waals surface area contributed by atoms with Crippen LogP contribution in [0.4, 0.5) is 5.13 Å². The van der Waals surface area contributed by atoms with Gasteiger partial charge in [-0.2, -0.15) is 0 Å². The topological polar surface area (TPSA) is 62.5 Å². The molecule has 1 saturated heterocycles. The van der Waals surface area contributed by atoms with Gasteiger partial charge in [-0.1, -0.05) is 24.3 Å². The van der Waals surface area contributed by atoms with Crippen molar-refractivity contribution in [2.75, 3.05) is 25.5 Å². The maximum Gasteiger partial charge on any atom is 0.268 e. The van der Waals surface area contributed by atoms with Crippen molar-refractivity contribution in [2.45, 2.75) is 25.4 Å². The minimum absolute atomic E-state index is 0.329. The summed E-state index contributed by atoms with van der Waals surface area (Å²) < 4.78 is 0. The van der Waals surface area contributed by atoms with Gasteiger partial charge >= 0.3 is 0 Å². The van der Waals surface area contributed by atoms with Crippen LogP contribution in [0.2, 0.25) is 0 Å². The summed E-state index contributed by atoms with van der Waals surface area (Å²) in [5.74, 6) is -0.462. The van der Waals surface area contributed by atoms with E-state index in [-0.39, 0.29) is 0 Å². The fourth-order valence-electron chi connectivity index (χ4n) is 3.06. The Morgan fingerprint density at radius 3 is 2.74 bits per heavy atom. The van der Waals surface area contributed by atoms with Crippen LogP contribution in [0.5, 0.6) is 0 Å². The number of rotatable bonds is 5. The number of benzene rings is 1. The highest BCUT2D eigenvalue weighted by Gasteiger charge is 2.28. The third kappa shape index (κ3) is 3.54. The maximum absolute atomic E-state index is 11.3. The van der Waals surface area contributed by atoms with Crippen molar-refractivity contribution in [2.24, 2.45) is 5.73 Å². The van der Waals surface area contributed by atoms with E-state index in [1.54, 1.807) is 5.38 Å². The molecule has 3 rings (SSSR count). The molecule has 2 heterocycles. The fraction of sp³-hybridized carbons (Fsp3) is 0.412. The summed E-state index contributed by atoms with van der Waals surface area (Å²) in [4.78, 5) is 20.1. The number of aromatic nitrogens is 1. The van der Waals surface area contributed by atoms with Gasteiger partial charge in [0, 0.05) is 18.5 Å². The summed E-state index contributed by atoms with van der Waals surface area (Å²) in [5.41, 5.74) is 8.29. The first-order chi connectivity index (χ1) is 11.0. The molecule has 1 atom stereocenters. The molecule has 0 bridgehead atoms. The first kappa shape index (κ1) is 16.0. The molecule has 0 spiro atoms. The molecular formula is C17H22N4OS. The lowest BCUT2D eigenvalue weighted by Gasteiger charge is -2.24. The third-order valence-electron chi connectivity index (χ3n) is 4.11. The molecule has 1 aliphatic rings. The van der Waals surface area contributed by atoms with Crippen molar-refractivity contribution in [1.82, 2.24) is 9.88 Å².